The van der Waals surface area contributed by atoms with Crippen molar-refractivity contribution in [2.75, 3.05) is 18.4 Å². The molecule has 2 aliphatic heterocycles. The Morgan fingerprint density at radius 3 is 2.48 bits per heavy atom. The van der Waals surface area contributed by atoms with Gasteiger partial charge in [-0.3, -0.25) is 9.69 Å². The summed E-state index contributed by atoms with van der Waals surface area (Å²) in [5, 5.41) is 21.6. The maximum atomic E-state index is 12.9. The fourth-order valence-electron chi connectivity index (χ4n) is 4.45. The first-order chi connectivity index (χ1) is 14.2. The molecule has 1 spiro atoms. The SMILES string of the molecule is O=C1Nc2nnc(-c3ccccc3O)cc2C12CCN(Cc1ccccc1)CC2. The Labute approximate surface area is 169 Å². The molecule has 0 saturated carbocycles. The van der Waals surface area contributed by atoms with E-state index in [0.717, 1.165) is 38.0 Å². The topological polar surface area (TPSA) is 78.3 Å². The number of carbonyl (C=O) groups excluding carboxylic acids is 1. The van der Waals surface area contributed by atoms with Gasteiger partial charge >= 0.3 is 0 Å². The van der Waals surface area contributed by atoms with Crippen molar-refractivity contribution in [3.63, 3.8) is 0 Å². The molecule has 2 aliphatic rings. The molecule has 0 bridgehead atoms. The van der Waals surface area contributed by atoms with Crippen LogP contribution in [0, 0.1) is 0 Å². The zero-order valence-corrected chi connectivity index (χ0v) is 16.0. The number of hydrogen-bond acceptors (Lipinski definition) is 5. The van der Waals surface area contributed by atoms with E-state index in [4.69, 9.17) is 0 Å². The number of anilines is 1. The number of aromatic nitrogens is 2. The Bertz CT molecular complexity index is 1060. The van der Waals surface area contributed by atoms with E-state index >= 15 is 0 Å². The second-order valence-corrected chi connectivity index (χ2v) is 7.81. The number of carbonyl (C=O) groups is 1. The second kappa shape index (κ2) is 6.97. The standard InChI is InChI=1S/C23H22N4O2/c28-20-9-5-4-8-17(20)19-14-18-21(26-25-19)24-22(29)23(18)10-12-27(13-11-23)15-16-6-2-1-3-7-16/h1-9,14,28H,10-13,15H2,(H,24,26,29). The van der Waals surface area contributed by atoms with E-state index in [1.54, 1.807) is 12.1 Å². The maximum absolute atomic E-state index is 12.9. The van der Waals surface area contributed by atoms with Crippen LogP contribution in [0.2, 0.25) is 0 Å². The summed E-state index contributed by atoms with van der Waals surface area (Å²) in [6.45, 7) is 2.58. The Balaban J connectivity index is 1.42. The van der Waals surface area contributed by atoms with Crippen molar-refractivity contribution in [2.24, 2.45) is 0 Å². The number of likely N-dealkylation sites (tertiary alicyclic amines) is 1. The van der Waals surface area contributed by atoms with Gasteiger partial charge in [0.1, 0.15) is 5.75 Å². The normalized spacial score (nSPS) is 17.9. The molecular formula is C23H22N4O2. The molecule has 146 valence electrons. The molecular weight excluding hydrogens is 364 g/mol. The van der Waals surface area contributed by atoms with Crippen molar-refractivity contribution in [1.29, 1.82) is 0 Å². The number of amides is 1. The highest BCUT2D eigenvalue weighted by atomic mass is 16.3. The van der Waals surface area contributed by atoms with E-state index in [1.807, 2.05) is 24.3 Å². The fraction of sp³-hybridized carbons (Fsp3) is 0.261. The highest BCUT2D eigenvalue weighted by molar-refractivity contribution is 6.05. The molecule has 2 aromatic carbocycles. The van der Waals surface area contributed by atoms with E-state index in [1.165, 1.54) is 5.56 Å². The molecule has 1 saturated heterocycles. The quantitative estimate of drug-likeness (QED) is 0.722. The number of aromatic hydroxyl groups is 1. The summed E-state index contributed by atoms with van der Waals surface area (Å²) in [5.74, 6) is 0.715. The molecule has 3 aromatic rings. The van der Waals surface area contributed by atoms with Gasteiger partial charge < -0.3 is 10.4 Å². The molecule has 6 nitrogen and oxygen atoms in total. The number of nitrogens with one attached hydrogen (secondary N) is 1. The number of nitrogens with zero attached hydrogens (tertiary/aromatic N) is 3. The summed E-state index contributed by atoms with van der Waals surface area (Å²) in [5.41, 5.74) is 2.82. The smallest absolute Gasteiger partial charge is 0.236 e. The molecule has 1 aromatic heterocycles. The van der Waals surface area contributed by atoms with Gasteiger partial charge in [-0.1, -0.05) is 42.5 Å². The van der Waals surface area contributed by atoms with Gasteiger partial charge in [0.2, 0.25) is 5.91 Å². The number of para-hydroxylation sites is 1. The summed E-state index contributed by atoms with van der Waals surface area (Å²) in [6, 6.07) is 19.4. The molecule has 0 radical (unpaired) electrons. The lowest BCUT2D eigenvalue weighted by molar-refractivity contribution is -0.122. The van der Waals surface area contributed by atoms with E-state index in [-0.39, 0.29) is 11.7 Å². The zero-order valence-electron chi connectivity index (χ0n) is 16.0. The van der Waals surface area contributed by atoms with E-state index < -0.39 is 5.41 Å². The molecule has 1 fully saturated rings. The summed E-state index contributed by atoms with van der Waals surface area (Å²) in [4.78, 5) is 15.3. The molecule has 29 heavy (non-hydrogen) atoms. The third kappa shape index (κ3) is 3.06. The maximum Gasteiger partial charge on any atom is 0.236 e. The largest absolute Gasteiger partial charge is 0.507 e. The van der Waals surface area contributed by atoms with Crippen LogP contribution in [0.3, 0.4) is 0 Å². The minimum absolute atomic E-state index is 0.00981. The lowest BCUT2D eigenvalue weighted by Gasteiger charge is -2.37. The monoisotopic (exact) mass is 386 g/mol. The van der Waals surface area contributed by atoms with Crippen molar-refractivity contribution in [2.45, 2.75) is 24.8 Å². The van der Waals surface area contributed by atoms with Crippen LogP contribution in [0.25, 0.3) is 11.3 Å². The predicted octanol–water partition coefficient (Wildman–Crippen LogP) is 3.34. The lowest BCUT2D eigenvalue weighted by atomic mass is 9.74. The average molecular weight is 386 g/mol. The molecule has 0 aliphatic carbocycles. The Kier molecular flexibility index (Phi) is 4.28. The van der Waals surface area contributed by atoms with Gasteiger partial charge in [0, 0.05) is 17.7 Å². The Morgan fingerprint density at radius 2 is 1.72 bits per heavy atom. The molecule has 3 heterocycles. The van der Waals surface area contributed by atoms with Crippen LogP contribution < -0.4 is 5.32 Å². The van der Waals surface area contributed by atoms with Crippen LogP contribution >= 0.6 is 0 Å². The Morgan fingerprint density at radius 1 is 1.00 bits per heavy atom. The number of hydrogen-bond donors (Lipinski definition) is 2. The van der Waals surface area contributed by atoms with Crippen molar-refractivity contribution in [3.05, 3.63) is 71.8 Å². The number of phenolic OH excluding ortho intramolecular Hbond substituents is 1. The highest BCUT2D eigenvalue weighted by Crippen LogP contribution is 2.45. The second-order valence-electron chi connectivity index (χ2n) is 7.81. The van der Waals surface area contributed by atoms with Gasteiger partial charge in [-0.15, -0.1) is 10.2 Å². The number of piperidine rings is 1. The van der Waals surface area contributed by atoms with Crippen LogP contribution in [0.1, 0.15) is 24.0 Å². The van der Waals surface area contributed by atoms with Crippen LogP contribution in [0.5, 0.6) is 5.75 Å². The summed E-state index contributed by atoms with van der Waals surface area (Å²) < 4.78 is 0. The van der Waals surface area contributed by atoms with Gasteiger partial charge in [0.15, 0.2) is 5.82 Å². The summed E-state index contributed by atoms with van der Waals surface area (Å²) >= 11 is 0. The van der Waals surface area contributed by atoms with E-state index in [2.05, 4.69) is 44.7 Å². The van der Waals surface area contributed by atoms with Gasteiger partial charge in [-0.05, 0) is 49.7 Å². The highest BCUT2D eigenvalue weighted by Gasteiger charge is 2.49. The van der Waals surface area contributed by atoms with Gasteiger partial charge in [-0.2, -0.15) is 0 Å². The van der Waals surface area contributed by atoms with Crippen LogP contribution in [0.4, 0.5) is 5.82 Å². The van der Waals surface area contributed by atoms with E-state index in [9.17, 15) is 9.90 Å². The first kappa shape index (κ1) is 17.8. The van der Waals surface area contributed by atoms with Crippen LogP contribution in [-0.4, -0.2) is 39.2 Å². The molecule has 1 amide bonds. The van der Waals surface area contributed by atoms with Crippen molar-refractivity contribution >= 4 is 11.7 Å². The number of fused-ring (bicyclic) bond motifs is 2. The van der Waals surface area contributed by atoms with Crippen molar-refractivity contribution < 1.29 is 9.90 Å². The molecule has 2 N–H and O–H groups in total. The number of phenols is 1. The first-order valence-corrected chi connectivity index (χ1v) is 9.90. The third-order valence-electron chi connectivity index (χ3n) is 6.11. The first-order valence-electron chi connectivity index (χ1n) is 9.90. The lowest BCUT2D eigenvalue weighted by Crippen LogP contribution is -2.46. The predicted molar refractivity (Wildman–Crippen MR) is 110 cm³/mol. The van der Waals surface area contributed by atoms with Gasteiger partial charge in [-0.25, -0.2) is 0 Å². The average Bonchev–Trinajstić information content (AvgIpc) is 3.01. The van der Waals surface area contributed by atoms with Crippen molar-refractivity contribution in [1.82, 2.24) is 15.1 Å². The molecule has 5 rings (SSSR count). The number of benzene rings is 2. The zero-order chi connectivity index (χ0) is 19.8. The van der Waals surface area contributed by atoms with Crippen LogP contribution in [0.15, 0.2) is 60.7 Å². The van der Waals surface area contributed by atoms with Crippen molar-refractivity contribution in [3.8, 4) is 17.0 Å². The van der Waals surface area contributed by atoms with Gasteiger partial charge in [0.05, 0.1) is 11.1 Å². The third-order valence-corrected chi connectivity index (χ3v) is 6.11. The van der Waals surface area contributed by atoms with Crippen LogP contribution in [-0.2, 0) is 16.8 Å². The minimum Gasteiger partial charge on any atom is -0.507 e. The molecule has 6 heteroatoms. The summed E-state index contributed by atoms with van der Waals surface area (Å²) in [6.07, 6.45) is 1.48. The van der Waals surface area contributed by atoms with E-state index in [0.29, 0.717) is 17.1 Å². The fourth-order valence-corrected chi connectivity index (χ4v) is 4.45. The summed E-state index contributed by atoms with van der Waals surface area (Å²) in [7, 11) is 0. The van der Waals surface area contributed by atoms with Gasteiger partial charge in [0.25, 0.3) is 0 Å². The minimum atomic E-state index is -0.572. The number of rotatable bonds is 3. The molecule has 0 unspecified atom stereocenters. The molecule has 0 atom stereocenters. The Hall–Kier alpha value is -3.25.